The molecule has 254 valence electrons. The zero-order valence-corrected chi connectivity index (χ0v) is 28.2. The average Bonchev–Trinajstić information content (AvgIpc) is 2.98. The minimum atomic E-state index is -1.41. The first-order valence-corrected chi connectivity index (χ1v) is 17.1. The maximum Gasteiger partial charge on any atom is 0.305 e. The summed E-state index contributed by atoms with van der Waals surface area (Å²) in [6.07, 6.45) is -2.34. The molecular weight excluding hydrogens is 616 g/mol. The number of amides is 4. The third kappa shape index (κ3) is 18.3. The van der Waals surface area contributed by atoms with Crippen molar-refractivity contribution in [3.63, 3.8) is 0 Å². The Bertz CT molecular complexity index is 875. The van der Waals surface area contributed by atoms with Gasteiger partial charge in [0, 0.05) is 74.2 Å². The first kappa shape index (κ1) is 41.4. The van der Waals surface area contributed by atoms with E-state index in [1.165, 1.54) is 21.6 Å². The highest BCUT2D eigenvalue weighted by Gasteiger charge is 2.35. The van der Waals surface area contributed by atoms with Crippen LogP contribution in [0.25, 0.3) is 0 Å². The number of hydrogen-bond donors (Lipinski definition) is 6. The normalized spacial score (nSPS) is 12.8. The van der Waals surface area contributed by atoms with Crippen LogP contribution in [-0.2, 0) is 38.2 Å². The number of aliphatic hydroxyl groups excluding tert-OH is 2. The highest BCUT2D eigenvalue weighted by atomic mass is 33.1. The summed E-state index contributed by atoms with van der Waals surface area (Å²) in [4.78, 5) is 71.0. The second-order valence-electron chi connectivity index (χ2n) is 11.2. The minimum Gasteiger partial charge on any atom is -0.465 e. The first-order valence-electron chi connectivity index (χ1n) is 14.6. The van der Waals surface area contributed by atoms with E-state index in [-0.39, 0.29) is 63.8 Å². The van der Waals surface area contributed by atoms with Crippen LogP contribution in [0.4, 0.5) is 0 Å². The number of rotatable bonds is 23. The van der Waals surface area contributed by atoms with Crippen molar-refractivity contribution in [2.24, 2.45) is 10.8 Å². The molecular formula is C28H50N4O10S2. The molecule has 0 aliphatic rings. The molecule has 0 bridgehead atoms. The van der Waals surface area contributed by atoms with Gasteiger partial charge in [-0.1, -0.05) is 63.1 Å². The van der Waals surface area contributed by atoms with Gasteiger partial charge in [0.2, 0.25) is 23.6 Å². The zero-order chi connectivity index (χ0) is 33.8. The van der Waals surface area contributed by atoms with Gasteiger partial charge in [-0.25, -0.2) is 0 Å². The van der Waals surface area contributed by atoms with Crippen molar-refractivity contribution in [3.05, 3.63) is 0 Å². The van der Waals surface area contributed by atoms with Gasteiger partial charge in [0.25, 0.3) is 0 Å². The van der Waals surface area contributed by atoms with E-state index in [0.717, 1.165) is 0 Å². The molecule has 0 heterocycles. The van der Waals surface area contributed by atoms with Crippen molar-refractivity contribution >= 4 is 57.2 Å². The van der Waals surface area contributed by atoms with Crippen LogP contribution in [0, 0.1) is 10.8 Å². The smallest absolute Gasteiger partial charge is 0.305 e. The Balaban J connectivity index is 3.93. The predicted octanol–water partition coefficient (Wildman–Crippen LogP) is 0.293. The highest BCUT2D eigenvalue weighted by molar-refractivity contribution is 8.76. The summed E-state index contributed by atoms with van der Waals surface area (Å²) in [6.45, 7) is 10.4. The lowest BCUT2D eigenvalue weighted by Crippen LogP contribution is -2.47. The molecule has 0 spiro atoms. The Hall–Kier alpha value is -2.56. The molecule has 0 unspecified atom stereocenters. The number of ether oxygens (including phenoxy) is 2. The molecule has 14 nitrogen and oxygen atoms in total. The highest BCUT2D eigenvalue weighted by Crippen LogP contribution is 2.23. The van der Waals surface area contributed by atoms with E-state index in [9.17, 15) is 39.0 Å². The fourth-order valence-corrected chi connectivity index (χ4v) is 4.97. The lowest BCUT2D eigenvalue weighted by molar-refractivity contribution is -0.153. The zero-order valence-electron chi connectivity index (χ0n) is 26.6. The Kier molecular flexibility index (Phi) is 20.7. The number of aliphatic hydroxyl groups is 2. The van der Waals surface area contributed by atoms with Crippen molar-refractivity contribution in [3.8, 4) is 0 Å². The summed E-state index contributed by atoms with van der Waals surface area (Å²) in [5.41, 5.74) is -1.97. The molecule has 0 aromatic rings. The monoisotopic (exact) mass is 666 g/mol. The van der Waals surface area contributed by atoms with Crippen molar-refractivity contribution in [1.82, 2.24) is 21.3 Å². The largest absolute Gasteiger partial charge is 0.465 e. The molecule has 0 aliphatic carbocycles. The maximum absolute atomic E-state index is 12.2. The van der Waals surface area contributed by atoms with Crippen LogP contribution < -0.4 is 21.3 Å². The van der Waals surface area contributed by atoms with Crippen LogP contribution in [-0.4, -0.2) is 109 Å². The molecule has 0 aromatic heterocycles. The lowest BCUT2D eigenvalue weighted by atomic mass is 9.87. The lowest BCUT2D eigenvalue weighted by Gasteiger charge is -2.28. The number of nitrogens with one attached hydrogen (secondary N) is 4. The van der Waals surface area contributed by atoms with E-state index >= 15 is 0 Å². The van der Waals surface area contributed by atoms with Gasteiger partial charge in [0.15, 0.2) is 0 Å². The van der Waals surface area contributed by atoms with Crippen LogP contribution in [0.1, 0.15) is 67.2 Å². The minimum absolute atomic E-state index is 0.0408. The second-order valence-corrected chi connectivity index (χ2v) is 13.9. The van der Waals surface area contributed by atoms with Crippen LogP contribution in [0.15, 0.2) is 0 Å². The first-order chi connectivity index (χ1) is 20.6. The Morgan fingerprint density at radius 3 is 1.27 bits per heavy atom. The van der Waals surface area contributed by atoms with Gasteiger partial charge in [-0.2, -0.15) is 0 Å². The van der Waals surface area contributed by atoms with Crippen molar-refractivity contribution < 1.29 is 48.5 Å². The second kappa shape index (κ2) is 22.0. The van der Waals surface area contributed by atoms with E-state index in [2.05, 4.69) is 21.3 Å². The Morgan fingerprint density at radius 2 is 0.955 bits per heavy atom. The maximum atomic E-state index is 12.2. The van der Waals surface area contributed by atoms with Gasteiger partial charge in [0.05, 0.1) is 13.2 Å². The number of esters is 2. The summed E-state index contributed by atoms with van der Waals surface area (Å²) in [7, 11) is 3.04. The molecule has 0 saturated heterocycles. The summed E-state index contributed by atoms with van der Waals surface area (Å²) >= 11 is 0. The third-order valence-electron chi connectivity index (χ3n) is 6.17. The van der Waals surface area contributed by atoms with E-state index in [4.69, 9.17) is 9.47 Å². The molecule has 16 heteroatoms. The average molecular weight is 667 g/mol. The molecule has 0 fully saturated rings. The third-order valence-corrected chi connectivity index (χ3v) is 8.57. The number of carbonyl (C=O) groups excluding carboxylic acids is 6. The molecule has 0 aliphatic heterocycles. The van der Waals surface area contributed by atoms with Crippen molar-refractivity contribution in [1.29, 1.82) is 0 Å². The van der Waals surface area contributed by atoms with E-state index in [1.807, 2.05) is 0 Å². The van der Waals surface area contributed by atoms with Gasteiger partial charge in [0.1, 0.15) is 12.2 Å². The van der Waals surface area contributed by atoms with Gasteiger partial charge < -0.3 is 41.0 Å². The summed E-state index contributed by atoms with van der Waals surface area (Å²) in [5.74, 6) is -1.39. The van der Waals surface area contributed by atoms with E-state index < -0.39 is 46.8 Å². The summed E-state index contributed by atoms with van der Waals surface area (Å²) < 4.78 is 10.0. The van der Waals surface area contributed by atoms with Crippen LogP contribution in [0.3, 0.4) is 0 Å². The van der Waals surface area contributed by atoms with Crippen LogP contribution in [0.5, 0.6) is 0 Å². The molecule has 0 aromatic carbocycles. The van der Waals surface area contributed by atoms with Gasteiger partial charge in [-0.05, 0) is 0 Å². The predicted molar refractivity (Wildman–Crippen MR) is 168 cm³/mol. The van der Waals surface area contributed by atoms with Crippen molar-refractivity contribution in [2.75, 3.05) is 50.9 Å². The van der Waals surface area contributed by atoms with Gasteiger partial charge in [-0.3, -0.25) is 28.8 Å². The SMILES string of the molecule is CCC(=O)OCC(C)(C)[C@@H](O)C(=O)NCCC(=O)NCCSSCCNC(=O)CCNC(=O)[C@H](O)C(C)(C)COC(=O)CC. The summed E-state index contributed by atoms with van der Waals surface area (Å²) in [6, 6.07) is 0. The van der Waals surface area contributed by atoms with Gasteiger partial charge in [-0.15, -0.1) is 0 Å². The summed E-state index contributed by atoms with van der Waals surface area (Å²) in [5, 5.41) is 31.0. The van der Waals surface area contributed by atoms with Crippen molar-refractivity contribution in [2.45, 2.75) is 79.4 Å². The topological polar surface area (TPSA) is 209 Å². The molecule has 0 rings (SSSR count). The Labute approximate surface area is 267 Å². The molecule has 4 amide bonds. The Morgan fingerprint density at radius 1 is 0.614 bits per heavy atom. The standard InChI is InChI=1S/C28H50N4O10S2/c1-7-21(35)41-17-27(3,4)23(37)25(39)31-11-9-19(33)29-13-15-43-44-16-14-30-20(34)10-12-32-26(40)24(38)28(5,6)18-42-22(36)8-2/h23-24,37-38H,7-18H2,1-6H3,(H,29,33)(H,30,34)(H,31,39)(H,32,40)/t23-,24-/m0/s1. The fourth-order valence-electron chi connectivity index (χ4n) is 3.16. The molecule has 0 radical (unpaired) electrons. The quantitative estimate of drug-likeness (QED) is 0.0494. The van der Waals surface area contributed by atoms with Crippen LogP contribution >= 0.6 is 21.6 Å². The van der Waals surface area contributed by atoms with E-state index in [0.29, 0.717) is 24.6 Å². The fraction of sp³-hybridized carbons (Fsp3) is 0.786. The molecule has 6 N–H and O–H groups in total. The molecule has 0 saturated carbocycles. The number of hydrogen-bond acceptors (Lipinski definition) is 12. The van der Waals surface area contributed by atoms with Gasteiger partial charge >= 0.3 is 11.9 Å². The number of carbonyl (C=O) groups is 6. The van der Waals surface area contributed by atoms with E-state index in [1.54, 1.807) is 41.5 Å². The van der Waals surface area contributed by atoms with Crippen LogP contribution in [0.2, 0.25) is 0 Å². The molecule has 44 heavy (non-hydrogen) atoms. The molecule has 2 atom stereocenters.